The number of aromatic nitrogens is 2. The van der Waals surface area contributed by atoms with Crippen LogP contribution in [0.1, 0.15) is 38.1 Å². The Bertz CT molecular complexity index is 389. The number of anilines is 2. The van der Waals surface area contributed by atoms with Gasteiger partial charge in [0.15, 0.2) is 0 Å². The molecule has 19 heavy (non-hydrogen) atoms. The van der Waals surface area contributed by atoms with Crippen molar-refractivity contribution in [2.45, 2.75) is 46.6 Å². The Morgan fingerprint density at radius 1 is 1.16 bits per heavy atom. The third-order valence-electron chi connectivity index (χ3n) is 2.95. The summed E-state index contributed by atoms with van der Waals surface area (Å²) in [5.41, 5.74) is 1.06. The van der Waals surface area contributed by atoms with Crippen molar-refractivity contribution in [1.82, 2.24) is 9.97 Å². The van der Waals surface area contributed by atoms with Crippen LogP contribution in [0.25, 0.3) is 0 Å². The van der Waals surface area contributed by atoms with Gasteiger partial charge in [-0.3, -0.25) is 0 Å². The summed E-state index contributed by atoms with van der Waals surface area (Å²) in [7, 11) is 1.73. The largest absolute Gasteiger partial charge is 0.383 e. The summed E-state index contributed by atoms with van der Waals surface area (Å²) in [5.74, 6) is 2.58. The van der Waals surface area contributed by atoms with Gasteiger partial charge in [-0.2, -0.15) is 0 Å². The minimum Gasteiger partial charge on any atom is -0.383 e. The van der Waals surface area contributed by atoms with Crippen molar-refractivity contribution in [3.8, 4) is 0 Å². The van der Waals surface area contributed by atoms with Crippen molar-refractivity contribution < 1.29 is 4.74 Å². The molecule has 1 unspecified atom stereocenters. The zero-order chi connectivity index (χ0) is 14.3. The van der Waals surface area contributed by atoms with Crippen LogP contribution in [0.2, 0.25) is 0 Å². The van der Waals surface area contributed by atoms with Crippen molar-refractivity contribution in [3.63, 3.8) is 0 Å². The summed E-state index contributed by atoms with van der Waals surface area (Å²) in [4.78, 5) is 8.93. The second kappa shape index (κ2) is 7.94. The molecule has 1 atom stereocenters. The van der Waals surface area contributed by atoms with E-state index < -0.39 is 0 Å². The van der Waals surface area contributed by atoms with Crippen LogP contribution < -0.4 is 10.6 Å². The predicted molar refractivity (Wildman–Crippen MR) is 79.9 cm³/mol. The van der Waals surface area contributed by atoms with Crippen LogP contribution in [0.15, 0.2) is 0 Å². The van der Waals surface area contributed by atoms with Crippen LogP contribution in [0.3, 0.4) is 0 Å². The summed E-state index contributed by atoms with van der Waals surface area (Å²) in [6.07, 6.45) is 2.18. The van der Waals surface area contributed by atoms with Gasteiger partial charge in [0.1, 0.15) is 17.5 Å². The molecule has 0 spiro atoms. The Balaban J connectivity index is 2.91. The van der Waals surface area contributed by atoms with Crippen molar-refractivity contribution in [3.05, 3.63) is 11.4 Å². The number of nitrogens with one attached hydrogen (secondary N) is 2. The highest BCUT2D eigenvalue weighted by atomic mass is 16.5. The number of ether oxygens (including phenoxy) is 1. The molecule has 0 aromatic carbocycles. The van der Waals surface area contributed by atoms with Gasteiger partial charge >= 0.3 is 0 Å². The monoisotopic (exact) mass is 266 g/mol. The van der Waals surface area contributed by atoms with E-state index in [1.54, 1.807) is 7.11 Å². The number of aryl methyl sites for hydroxylation is 1. The minimum absolute atomic E-state index is 0.289. The number of nitrogens with zero attached hydrogens (tertiary/aromatic N) is 2. The van der Waals surface area contributed by atoms with Crippen LogP contribution in [0.5, 0.6) is 0 Å². The average molecular weight is 266 g/mol. The smallest absolute Gasteiger partial charge is 0.135 e. The first-order valence-corrected chi connectivity index (χ1v) is 6.96. The Hall–Kier alpha value is -1.36. The zero-order valence-corrected chi connectivity index (χ0v) is 12.7. The molecule has 0 aliphatic carbocycles. The summed E-state index contributed by atoms with van der Waals surface area (Å²) in [6.45, 7) is 9.73. The van der Waals surface area contributed by atoms with E-state index in [9.17, 15) is 0 Å². The van der Waals surface area contributed by atoms with E-state index >= 15 is 0 Å². The highest BCUT2D eigenvalue weighted by Gasteiger charge is 2.13. The zero-order valence-electron chi connectivity index (χ0n) is 12.7. The number of hydrogen-bond donors (Lipinski definition) is 2. The van der Waals surface area contributed by atoms with E-state index in [1.807, 2.05) is 13.8 Å². The molecule has 0 bridgehead atoms. The molecule has 5 heteroatoms. The highest BCUT2D eigenvalue weighted by molar-refractivity contribution is 5.57. The van der Waals surface area contributed by atoms with Crippen LogP contribution >= 0.6 is 0 Å². The number of hydrogen-bond acceptors (Lipinski definition) is 5. The molecule has 108 valence electrons. The van der Waals surface area contributed by atoms with Gasteiger partial charge in [0, 0.05) is 19.2 Å². The molecule has 1 aromatic rings. The number of methoxy groups -OCH3 is 1. The minimum atomic E-state index is 0.289. The molecule has 1 rings (SSSR count). The normalized spacial score (nSPS) is 12.3. The quantitative estimate of drug-likeness (QED) is 0.757. The Kier molecular flexibility index (Phi) is 6.56. The third kappa shape index (κ3) is 4.67. The molecule has 0 fully saturated rings. The number of rotatable bonds is 8. The maximum atomic E-state index is 5.26. The van der Waals surface area contributed by atoms with Gasteiger partial charge < -0.3 is 15.4 Å². The fraction of sp³-hybridized carbons (Fsp3) is 0.714. The first-order valence-electron chi connectivity index (χ1n) is 6.96. The predicted octanol–water partition coefficient (Wildman–Crippen LogP) is 2.75. The molecule has 1 aromatic heterocycles. The SMILES string of the molecule is CCCC(COC)Nc1nc(C)nc(NCC)c1C. The average Bonchev–Trinajstić information content (AvgIpc) is 2.36. The van der Waals surface area contributed by atoms with Gasteiger partial charge in [-0.25, -0.2) is 9.97 Å². The van der Waals surface area contributed by atoms with Gasteiger partial charge in [0.25, 0.3) is 0 Å². The molecule has 5 nitrogen and oxygen atoms in total. The van der Waals surface area contributed by atoms with Crippen LogP contribution in [-0.2, 0) is 4.74 Å². The van der Waals surface area contributed by atoms with E-state index in [1.165, 1.54) is 0 Å². The standard InChI is InChI=1S/C14H26N4O/c1-6-8-12(9-19-5)18-14-10(3)13(15-7-2)16-11(4)17-14/h12H,6-9H2,1-5H3,(H2,15,16,17,18). The summed E-state index contributed by atoms with van der Waals surface area (Å²) in [6, 6.07) is 0.289. The highest BCUT2D eigenvalue weighted by Crippen LogP contribution is 2.21. The Morgan fingerprint density at radius 3 is 2.42 bits per heavy atom. The van der Waals surface area contributed by atoms with Crippen LogP contribution in [0.4, 0.5) is 11.6 Å². The molecule has 0 saturated heterocycles. The molecule has 0 radical (unpaired) electrons. The third-order valence-corrected chi connectivity index (χ3v) is 2.95. The maximum absolute atomic E-state index is 5.26. The van der Waals surface area contributed by atoms with Crippen molar-refractivity contribution in [2.75, 3.05) is 30.9 Å². The van der Waals surface area contributed by atoms with Crippen molar-refractivity contribution in [1.29, 1.82) is 0 Å². The van der Waals surface area contributed by atoms with E-state index in [4.69, 9.17) is 4.74 Å². The van der Waals surface area contributed by atoms with Crippen molar-refractivity contribution in [2.24, 2.45) is 0 Å². The summed E-state index contributed by atoms with van der Waals surface area (Å²) >= 11 is 0. The molecule has 0 aliphatic rings. The second-order valence-electron chi connectivity index (χ2n) is 4.71. The van der Waals surface area contributed by atoms with E-state index in [0.29, 0.717) is 6.61 Å². The summed E-state index contributed by atoms with van der Waals surface area (Å²) in [5, 5.41) is 6.74. The first-order chi connectivity index (χ1) is 9.12. The lowest BCUT2D eigenvalue weighted by Crippen LogP contribution is -2.26. The van der Waals surface area contributed by atoms with E-state index in [0.717, 1.165) is 42.4 Å². The van der Waals surface area contributed by atoms with Gasteiger partial charge in [-0.05, 0) is 27.2 Å². The van der Waals surface area contributed by atoms with Crippen LogP contribution in [-0.4, -0.2) is 36.3 Å². The fourth-order valence-electron chi connectivity index (χ4n) is 2.05. The molecule has 0 amide bonds. The Morgan fingerprint density at radius 2 is 1.84 bits per heavy atom. The molecule has 0 saturated carbocycles. The van der Waals surface area contributed by atoms with E-state index in [2.05, 4.69) is 34.4 Å². The maximum Gasteiger partial charge on any atom is 0.135 e. The fourth-order valence-corrected chi connectivity index (χ4v) is 2.05. The molecule has 2 N–H and O–H groups in total. The first kappa shape index (κ1) is 15.7. The molecular formula is C14H26N4O. The van der Waals surface area contributed by atoms with Gasteiger partial charge in [-0.1, -0.05) is 13.3 Å². The lowest BCUT2D eigenvalue weighted by Gasteiger charge is -2.20. The van der Waals surface area contributed by atoms with Gasteiger partial charge in [0.2, 0.25) is 0 Å². The lowest BCUT2D eigenvalue weighted by atomic mass is 10.1. The molecule has 1 heterocycles. The van der Waals surface area contributed by atoms with Crippen LogP contribution in [0, 0.1) is 13.8 Å². The second-order valence-corrected chi connectivity index (χ2v) is 4.71. The lowest BCUT2D eigenvalue weighted by molar-refractivity contribution is 0.182. The Labute approximate surface area is 116 Å². The molecular weight excluding hydrogens is 240 g/mol. The van der Waals surface area contributed by atoms with Crippen molar-refractivity contribution >= 4 is 11.6 Å². The van der Waals surface area contributed by atoms with Gasteiger partial charge in [0.05, 0.1) is 12.6 Å². The van der Waals surface area contributed by atoms with E-state index in [-0.39, 0.29) is 6.04 Å². The topological polar surface area (TPSA) is 59.1 Å². The summed E-state index contributed by atoms with van der Waals surface area (Å²) < 4.78 is 5.26. The molecule has 0 aliphatic heterocycles. The van der Waals surface area contributed by atoms with Gasteiger partial charge in [-0.15, -0.1) is 0 Å².